The topological polar surface area (TPSA) is 3.24 Å². The number of hydrogen-bond donors (Lipinski definition) is 0. The third kappa shape index (κ3) is 3.73. The molecule has 0 radical (unpaired) electrons. The van der Waals surface area contributed by atoms with Gasteiger partial charge < -0.3 is 0 Å². The van der Waals surface area contributed by atoms with Crippen LogP contribution < -0.4 is 0 Å². The van der Waals surface area contributed by atoms with Gasteiger partial charge in [-0.2, -0.15) is 0 Å². The molecule has 1 aromatic rings. The van der Waals surface area contributed by atoms with Crippen molar-refractivity contribution in [2.75, 3.05) is 19.0 Å². The maximum absolute atomic E-state index is 5.89. The summed E-state index contributed by atoms with van der Waals surface area (Å²) in [5, 5.41) is 0. The number of fused-ring (bicyclic) bond motifs is 1. The molecule has 18 heavy (non-hydrogen) atoms. The summed E-state index contributed by atoms with van der Waals surface area (Å²) < 4.78 is 0. The molecule has 0 unspecified atom stereocenters. The zero-order valence-corrected chi connectivity index (χ0v) is 12.2. The summed E-state index contributed by atoms with van der Waals surface area (Å²) in [5.74, 6) is 0.731. The molecule has 0 fully saturated rings. The first-order valence-corrected chi connectivity index (χ1v) is 7.76. The predicted molar refractivity (Wildman–Crippen MR) is 79.4 cm³/mol. The number of unbranched alkanes of at least 4 members (excludes halogenated alkanes) is 1. The predicted octanol–water partition coefficient (Wildman–Crippen LogP) is 4.02. The highest BCUT2D eigenvalue weighted by Gasteiger charge is 2.12. The van der Waals surface area contributed by atoms with Crippen LogP contribution in [0.5, 0.6) is 0 Å². The van der Waals surface area contributed by atoms with E-state index in [1.54, 1.807) is 11.1 Å². The Hall–Kier alpha value is -0.530. The molecular formula is C16H24ClN. The van der Waals surface area contributed by atoms with E-state index in [-0.39, 0.29) is 0 Å². The minimum atomic E-state index is 0.731. The van der Waals surface area contributed by atoms with E-state index < -0.39 is 0 Å². The van der Waals surface area contributed by atoms with E-state index in [0.29, 0.717) is 0 Å². The number of benzene rings is 1. The summed E-state index contributed by atoms with van der Waals surface area (Å²) in [4.78, 5) is 2.48. The Morgan fingerprint density at radius 2 is 2.00 bits per heavy atom. The Kier molecular flexibility index (Phi) is 5.52. The van der Waals surface area contributed by atoms with Crippen LogP contribution in [0.15, 0.2) is 18.2 Å². The Labute approximate surface area is 116 Å². The fraction of sp³-hybridized carbons (Fsp3) is 0.625. The lowest BCUT2D eigenvalue weighted by Crippen LogP contribution is -2.26. The number of nitrogens with zero attached hydrogens (tertiary/aromatic N) is 1. The molecular weight excluding hydrogens is 242 g/mol. The lowest BCUT2D eigenvalue weighted by Gasteiger charge is -2.21. The lowest BCUT2D eigenvalue weighted by atomic mass is 10.1. The van der Waals surface area contributed by atoms with Crippen molar-refractivity contribution in [3.63, 3.8) is 0 Å². The summed E-state index contributed by atoms with van der Waals surface area (Å²) in [7, 11) is 0. The molecule has 0 heterocycles. The molecule has 0 bridgehead atoms. The number of alkyl halides is 1. The Morgan fingerprint density at radius 3 is 2.78 bits per heavy atom. The van der Waals surface area contributed by atoms with Crippen molar-refractivity contribution in [3.05, 3.63) is 34.9 Å². The molecule has 2 heteroatoms. The maximum Gasteiger partial charge on any atom is 0.0351 e. The molecule has 1 aliphatic carbocycles. The summed E-state index contributed by atoms with van der Waals surface area (Å²) in [6, 6.07) is 7.04. The van der Waals surface area contributed by atoms with Gasteiger partial charge in [0, 0.05) is 19.0 Å². The van der Waals surface area contributed by atoms with Crippen LogP contribution in [0.1, 0.15) is 42.9 Å². The van der Waals surface area contributed by atoms with Crippen molar-refractivity contribution in [1.29, 1.82) is 0 Å². The average molecular weight is 266 g/mol. The SMILES string of the molecule is CCCCN(CCCl)Cc1ccc2c(c1)CCC2. The molecule has 100 valence electrons. The van der Waals surface area contributed by atoms with Gasteiger partial charge in [-0.3, -0.25) is 4.90 Å². The third-order valence-corrected chi connectivity index (χ3v) is 3.97. The first-order chi connectivity index (χ1) is 8.83. The third-order valence-electron chi connectivity index (χ3n) is 3.80. The Balaban J connectivity index is 1.97. The van der Waals surface area contributed by atoms with E-state index in [1.165, 1.54) is 44.2 Å². The van der Waals surface area contributed by atoms with Crippen LogP contribution in [0, 0.1) is 0 Å². The molecule has 0 spiro atoms. The van der Waals surface area contributed by atoms with Crippen molar-refractivity contribution < 1.29 is 0 Å². The molecule has 1 aliphatic rings. The zero-order chi connectivity index (χ0) is 12.8. The highest BCUT2D eigenvalue weighted by Crippen LogP contribution is 2.23. The number of aryl methyl sites for hydroxylation is 2. The number of halogens is 1. The smallest absolute Gasteiger partial charge is 0.0351 e. The molecule has 0 aromatic heterocycles. The minimum Gasteiger partial charge on any atom is -0.298 e. The van der Waals surface area contributed by atoms with Crippen LogP contribution in [0.25, 0.3) is 0 Å². The van der Waals surface area contributed by atoms with Gasteiger partial charge in [0.15, 0.2) is 0 Å². The molecule has 0 amide bonds. The Bertz CT molecular complexity index is 375. The molecule has 0 aliphatic heterocycles. The van der Waals surface area contributed by atoms with Gasteiger partial charge in [-0.25, -0.2) is 0 Å². The van der Waals surface area contributed by atoms with Gasteiger partial charge in [0.1, 0.15) is 0 Å². The quantitative estimate of drug-likeness (QED) is 0.673. The zero-order valence-electron chi connectivity index (χ0n) is 11.4. The van der Waals surface area contributed by atoms with Gasteiger partial charge in [0.25, 0.3) is 0 Å². The fourth-order valence-electron chi connectivity index (χ4n) is 2.75. The normalized spacial score (nSPS) is 14.2. The van der Waals surface area contributed by atoms with Gasteiger partial charge in [-0.1, -0.05) is 31.5 Å². The summed E-state index contributed by atoms with van der Waals surface area (Å²) in [6.07, 6.45) is 6.40. The average Bonchev–Trinajstić information content (AvgIpc) is 2.83. The van der Waals surface area contributed by atoms with Crippen molar-refractivity contribution in [3.8, 4) is 0 Å². The first kappa shape index (κ1) is 13.9. The van der Waals surface area contributed by atoms with Gasteiger partial charge in [0.05, 0.1) is 0 Å². The van der Waals surface area contributed by atoms with E-state index in [1.807, 2.05) is 0 Å². The van der Waals surface area contributed by atoms with E-state index in [4.69, 9.17) is 11.6 Å². The molecule has 0 saturated carbocycles. The maximum atomic E-state index is 5.89. The molecule has 0 saturated heterocycles. The second-order valence-corrected chi connectivity index (χ2v) is 5.65. The first-order valence-electron chi connectivity index (χ1n) is 7.22. The monoisotopic (exact) mass is 265 g/mol. The van der Waals surface area contributed by atoms with Crippen molar-refractivity contribution in [2.45, 2.75) is 45.6 Å². The van der Waals surface area contributed by atoms with Gasteiger partial charge in [-0.15, -0.1) is 11.6 Å². The fourth-order valence-corrected chi connectivity index (χ4v) is 2.99. The van der Waals surface area contributed by atoms with Crippen molar-refractivity contribution in [2.24, 2.45) is 0 Å². The molecule has 1 aromatic carbocycles. The lowest BCUT2D eigenvalue weighted by molar-refractivity contribution is 0.277. The van der Waals surface area contributed by atoms with Crippen molar-refractivity contribution >= 4 is 11.6 Å². The van der Waals surface area contributed by atoms with Crippen LogP contribution >= 0.6 is 11.6 Å². The van der Waals surface area contributed by atoms with Crippen LogP contribution in [0.4, 0.5) is 0 Å². The van der Waals surface area contributed by atoms with E-state index in [9.17, 15) is 0 Å². The number of rotatable bonds is 7. The summed E-state index contributed by atoms with van der Waals surface area (Å²) >= 11 is 5.89. The molecule has 1 nitrogen and oxygen atoms in total. The highest BCUT2D eigenvalue weighted by atomic mass is 35.5. The largest absolute Gasteiger partial charge is 0.298 e. The molecule has 2 rings (SSSR count). The van der Waals surface area contributed by atoms with Crippen LogP contribution in [0.2, 0.25) is 0 Å². The van der Waals surface area contributed by atoms with E-state index in [2.05, 4.69) is 30.0 Å². The van der Waals surface area contributed by atoms with Crippen LogP contribution in [-0.2, 0) is 19.4 Å². The number of hydrogen-bond acceptors (Lipinski definition) is 1. The molecule has 0 N–H and O–H groups in total. The molecule has 0 atom stereocenters. The minimum absolute atomic E-state index is 0.731. The van der Waals surface area contributed by atoms with Crippen LogP contribution in [-0.4, -0.2) is 23.9 Å². The highest BCUT2D eigenvalue weighted by molar-refractivity contribution is 6.18. The standard InChI is InChI=1S/C16H24ClN/c1-2-3-10-18(11-9-17)13-14-7-8-15-5-4-6-16(15)12-14/h7-8,12H,2-6,9-11,13H2,1H3. The second kappa shape index (κ2) is 7.16. The summed E-state index contributed by atoms with van der Waals surface area (Å²) in [5.41, 5.74) is 4.60. The van der Waals surface area contributed by atoms with Gasteiger partial charge >= 0.3 is 0 Å². The van der Waals surface area contributed by atoms with Gasteiger partial charge in [0.2, 0.25) is 0 Å². The Morgan fingerprint density at radius 1 is 1.17 bits per heavy atom. The summed E-state index contributed by atoms with van der Waals surface area (Å²) in [6.45, 7) is 5.47. The van der Waals surface area contributed by atoms with Crippen molar-refractivity contribution in [1.82, 2.24) is 4.90 Å². The van der Waals surface area contributed by atoms with Gasteiger partial charge in [-0.05, 0) is 48.9 Å². The van der Waals surface area contributed by atoms with Crippen LogP contribution in [0.3, 0.4) is 0 Å². The second-order valence-electron chi connectivity index (χ2n) is 5.28. The van der Waals surface area contributed by atoms with E-state index in [0.717, 1.165) is 19.0 Å². The van der Waals surface area contributed by atoms with E-state index >= 15 is 0 Å².